The molecule has 0 unspecified atom stereocenters. The minimum absolute atomic E-state index is 0.221. The van der Waals surface area contributed by atoms with E-state index >= 15 is 0 Å². The number of rotatable bonds is 9. The van der Waals surface area contributed by atoms with E-state index < -0.39 is 12.1 Å². The van der Waals surface area contributed by atoms with Crippen LogP contribution < -0.4 is 0 Å². The van der Waals surface area contributed by atoms with Gasteiger partial charge in [-0.05, 0) is 35.4 Å². The number of furan rings is 1. The Labute approximate surface area is 175 Å². The first-order valence-corrected chi connectivity index (χ1v) is 9.61. The second-order valence-electron chi connectivity index (χ2n) is 6.87. The summed E-state index contributed by atoms with van der Waals surface area (Å²) in [7, 11) is 1.61. The molecule has 1 atom stereocenters. The van der Waals surface area contributed by atoms with Crippen molar-refractivity contribution in [3.8, 4) is 0 Å². The Kier molecular flexibility index (Phi) is 7.17. The maximum Gasteiger partial charge on any atom is 0.303 e. The molecule has 0 aliphatic carbocycles. The standard InChI is InChI=1S/C24H25NO5/c1-16(15-28-3)21(19-12-18-6-4-5-7-22(18)25-13-19)9-11-23(29-17(2)27)24-10-8-20(14-26)30-24/h4-10,12-13,23,26H,1,11,14-15H2,2-3H3/b21-9-/t23-/m1/s1. The number of aliphatic hydroxyl groups is 1. The summed E-state index contributed by atoms with van der Waals surface area (Å²) in [6, 6.07) is 13.3. The van der Waals surface area contributed by atoms with E-state index in [0.29, 0.717) is 24.5 Å². The first-order chi connectivity index (χ1) is 14.5. The molecule has 0 amide bonds. The van der Waals surface area contributed by atoms with Gasteiger partial charge in [-0.2, -0.15) is 0 Å². The minimum atomic E-state index is -0.624. The van der Waals surface area contributed by atoms with E-state index in [2.05, 4.69) is 11.6 Å². The van der Waals surface area contributed by atoms with Crippen molar-refractivity contribution in [3.05, 3.63) is 84.0 Å². The summed E-state index contributed by atoms with van der Waals surface area (Å²) in [6.45, 7) is 5.63. The third-order valence-electron chi connectivity index (χ3n) is 4.60. The summed E-state index contributed by atoms with van der Waals surface area (Å²) in [5, 5.41) is 10.3. The number of benzene rings is 1. The minimum Gasteiger partial charge on any atom is -0.460 e. The lowest BCUT2D eigenvalue weighted by molar-refractivity contribution is -0.147. The molecule has 0 spiro atoms. The van der Waals surface area contributed by atoms with Gasteiger partial charge in [0.2, 0.25) is 0 Å². The summed E-state index contributed by atoms with van der Waals surface area (Å²) < 4.78 is 16.3. The van der Waals surface area contributed by atoms with Crippen molar-refractivity contribution in [1.29, 1.82) is 0 Å². The molecule has 0 aliphatic rings. The predicted molar refractivity (Wildman–Crippen MR) is 114 cm³/mol. The molecule has 0 radical (unpaired) electrons. The number of aromatic nitrogens is 1. The third-order valence-corrected chi connectivity index (χ3v) is 4.60. The zero-order valence-corrected chi connectivity index (χ0v) is 17.1. The topological polar surface area (TPSA) is 81.8 Å². The summed E-state index contributed by atoms with van der Waals surface area (Å²) in [5.74, 6) is 0.465. The van der Waals surface area contributed by atoms with Crippen molar-refractivity contribution < 1.29 is 23.8 Å². The van der Waals surface area contributed by atoms with Crippen molar-refractivity contribution in [2.24, 2.45) is 0 Å². The summed E-state index contributed by atoms with van der Waals surface area (Å²) >= 11 is 0. The molecular formula is C24H25NO5. The van der Waals surface area contributed by atoms with Gasteiger partial charge in [0.15, 0.2) is 6.10 Å². The van der Waals surface area contributed by atoms with Crippen molar-refractivity contribution in [2.75, 3.05) is 13.7 Å². The fourth-order valence-corrected chi connectivity index (χ4v) is 3.24. The Morgan fingerprint density at radius 2 is 2.10 bits per heavy atom. The number of methoxy groups -OCH3 is 1. The van der Waals surface area contributed by atoms with Gasteiger partial charge in [-0.3, -0.25) is 9.78 Å². The quantitative estimate of drug-likeness (QED) is 0.412. The third kappa shape index (κ3) is 5.23. The molecule has 2 aromatic heterocycles. The molecule has 30 heavy (non-hydrogen) atoms. The van der Waals surface area contributed by atoms with Crippen LogP contribution in [0.25, 0.3) is 16.5 Å². The van der Waals surface area contributed by atoms with E-state index in [0.717, 1.165) is 27.6 Å². The number of aliphatic hydroxyl groups excluding tert-OH is 1. The van der Waals surface area contributed by atoms with Gasteiger partial charge in [-0.25, -0.2) is 0 Å². The van der Waals surface area contributed by atoms with Crippen molar-refractivity contribution in [2.45, 2.75) is 26.1 Å². The Bertz CT molecular complexity index is 1070. The fourth-order valence-electron chi connectivity index (χ4n) is 3.24. The average Bonchev–Trinajstić information content (AvgIpc) is 3.22. The second-order valence-corrected chi connectivity index (χ2v) is 6.87. The normalized spacial score (nSPS) is 12.7. The van der Waals surface area contributed by atoms with Crippen LogP contribution in [0.15, 0.2) is 71.3 Å². The Morgan fingerprint density at radius 3 is 2.80 bits per heavy atom. The van der Waals surface area contributed by atoms with Crippen LogP contribution in [0.2, 0.25) is 0 Å². The van der Waals surface area contributed by atoms with E-state index in [4.69, 9.17) is 13.9 Å². The molecule has 0 aliphatic heterocycles. The van der Waals surface area contributed by atoms with E-state index in [1.54, 1.807) is 25.4 Å². The highest BCUT2D eigenvalue weighted by molar-refractivity contribution is 5.86. The molecule has 0 saturated heterocycles. The van der Waals surface area contributed by atoms with Crippen molar-refractivity contribution >= 4 is 22.4 Å². The predicted octanol–water partition coefficient (Wildman–Crippen LogP) is 4.60. The van der Waals surface area contributed by atoms with Gasteiger partial charge < -0.3 is 19.0 Å². The Hall–Kier alpha value is -3.22. The molecule has 3 rings (SSSR count). The molecule has 1 N–H and O–H groups in total. The molecule has 2 heterocycles. The fraction of sp³-hybridized carbons (Fsp3) is 0.250. The van der Waals surface area contributed by atoms with E-state index in [9.17, 15) is 9.90 Å². The van der Waals surface area contributed by atoms with Crippen LogP contribution in [0.1, 0.15) is 36.5 Å². The molecule has 0 fully saturated rings. The number of carbonyl (C=O) groups is 1. The summed E-state index contributed by atoms with van der Waals surface area (Å²) in [6.07, 6.45) is 3.48. The van der Waals surface area contributed by atoms with Gasteiger partial charge >= 0.3 is 5.97 Å². The molecule has 156 valence electrons. The number of carbonyl (C=O) groups excluding carboxylic acids is 1. The number of para-hydroxylation sites is 1. The van der Waals surface area contributed by atoms with Crippen molar-refractivity contribution in [1.82, 2.24) is 4.98 Å². The number of fused-ring (bicyclic) bond motifs is 1. The van der Waals surface area contributed by atoms with Gasteiger partial charge in [0, 0.05) is 37.6 Å². The van der Waals surface area contributed by atoms with E-state index in [1.165, 1.54) is 6.92 Å². The summed E-state index contributed by atoms with van der Waals surface area (Å²) in [5.41, 5.74) is 3.45. The summed E-state index contributed by atoms with van der Waals surface area (Å²) in [4.78, 5) is 16.2. The molecule has 6 heteroatoms. The second kappa shape index (κ2) is 10.0. The van der Waals surface area contributed by atoms with Crippen LogP contribution >= 0.6 is 0 Å². The van der Waals surface area contributed by atoms with Gasteiger partial charge in [0.05, 0.1) is 12.1 Å². The first kappa shape index (κ1) is 21.5. The monoisotopic (exact) mass is 407 g/mol. The lowest BCUT2D eigenvalue weighted by Gasteiger charge is -2.16. The average molecular weight is 407 g/mol. The van der Waals surface area contributed by atoms with Crippen LogP contribution in [0.3, 0.4) is 0 Å². The lowest BCUT2D eigenvalue weighted by Crippen LogP contribution is -2.08. The first-order valence-electron chi connectivity index (χ1n) is 9.61. The Morgan fingerprint density at radius 1 is 1.30 bits per heavy atom. The number of hydrogen-bond donors (Lipinski definition) is 1. The Balaban J connectivity index is 1.96. The van der Waals surface area contributed by atoms with Crippen LogP contribution in [-0.4, -0.2) is 29.8 Å². The molecule has 1 aromatic carbocycles. The number of hydrogen-bond acceptors (Lipinski definition) is 6. The van der Waals surface area contributed by atoms with Crippen LogP contribution in [0.5, 0.6) is 0 Å². The number of pyridine rings is 1. The zero-order valence-electron chi connectivity index (χ0n) is 17.1. The maximum atomic E-state index is 11.6. The highest BCUT2D eigenvalue weighted by atomic mass is 16.6. The smallest absolute Gasteiger partial charge is 0.303 e. The zero-order chi connectivity index (χ0) is 21.5. The lowest BCUT2D eigenvalue weighted by atomic mass is 9.97. The SMILES string of the molecule is C=C(COC)/C(=C/C[C@@H](OC(C)=O)c1ccc(CO)o1)c1cnc2ccccc2c1. The van der Waals surface area contributed by atoms with E-state index in [1.807, 2.05) is 36.4 Å². The van der Waals surface area contributed by atoms with Crippen LogP contribution in [-0.2, 0) is 20.9 Å². The molecule has 6 nitrogen and oxygen atoms in total. The number of ether oxygens (including phenoxy) is 2. The molecule has 0 saturated carbocycles. The van der Waals surface area contributed by atoms with Crippen LogP contribution in [0.4, 0.5) is 0 Å². The highest BCUT2D eigenvalue weighted by Gasteiger charge is 2.19. The van der Waals surface area contributed by atoms with Crippen LogP contribution in [0, 0.1) is 0 Å². The maximum absolute atomic E-state index is 11.6. The molecular weight excluding hydrogens is 382 g/mol. The van der Waals surface area contributed by atoms with Gasteiger partial charge in [0.25, 0.3) is 0 Å². The van der Waals surface area contributed by atoms with E-state index in [-0.39, 0.29) is 6.61 Å². The number of esters is 1. The number of nitrogens with zero attached hydrogens (tertiary/aromatic N) is 1. The van der Waals surface area contributed by atoms with Gasteiger partial charge in [-0.15, -0.1) is 0 Å². The largest absolute Gasteiger partial charge is 0.460 e. The molecule has 0 bridgehead atoms. The highest BCUT2D eigenvalue weighted by Crippen LogP contribution is 2.30. The van der Waals surface area contributed by atoms with Gasteiger partial charge in [0.1, 0.15) is 18.1 Å². The molecule has 3 aromatic rings. The van der Waals surface area contributed by atoms with Gasteiger partial charge in [-0.1, -0.05) is 30.9 Å². The van der Waals surface area contributed by atoms with Crippen molar-refractivity contribution in [3.63, 3.8) is 0 Å².